The summed E-state index contributed by atoms with van der Waals surface area (Å²) < 4.78 is 16.0. The van der Waals surface area contributed by atoms with Gasteiger partial charge in [0, 0.05) is 11.6 Å². The van der Waals surface area contributed by atoms with Crippen LogP contribution in [0.4, 0.5) is 5.69 Å². The first-order valence-corrected chi connectivity index (χ1v) is 6.78. The SMILES string of the molecule is CCCOC(=O)c1c(Br)ccc(OCCOC)c1N. The Hall–Kier alpha value is -1.27. The number of halogens is 1. The molecule has 0 radical (unpaired) electrons. The third-order valence-electron chi connectivity index (χ3n) is 2.34. The van der Waals surface area contributed by atoms with Gasteiger partial charge in [-0.05, 0) is 34.5 Å². The molecule has 0 atom stereocenters. The molecule has 0 aliphatic carbocycles. The van der Waals surface area contributed by atoms with Crippen LogP contribution in [0.25, 0.3) is 0 Å². The summed E-state index contributed by atoms with van der Waals surface area (Å²) in [4.78, 5) is 11.9. The molecule has 5 nitrogen and oxygen atoms in total. The standard InChI is InChI=1S/C13H18BrNO4/c1-3-6-19-13(16)11-9(14)4-5-10(12(11)15)18-8-7-17-2/h4-5H,3,6-8,15H2,1-2H3. The minimum atomic E-state index is -0.455. The third kappa shape index (κ3) is 4.40. The highest BCUT2D eigenvalue weighted by atomic mass is 79.9. The van der Waals surface area contributed by atoms with Crippen molar-refractivity contribution >= 4 is 27.6 Å². The maximum absolute atomic E-state index is 11.9. The summed E-state index contributed by atoms with van der Waals surface area (Å²) in [6.07, 6.45) is 0.757. The minimum Gasteiger partial charge on any atom is -0.489 e. The molecule has 1 aromatic rings. The molecule has 0 unspecified atom stereocenters. The molecule has 0 aliphatic heterocycles. The second-order valence-electron chi connectivity index (χ2n) is 3.81. The van der Waals surface area contributed by atoms with E-state index in [4.69, 9.17) is 19.9 Å². The Morgan fingerprint density at radius 2 is 2.05 bits per heavy atom. The molecule has 0 bridgehead atoms. The average molecular weight is 332 g/mol. The molecule has 0 saturated heterocycles. The van der Waals surface area contributed by atoms with Crippen LogP contribution in [-0.4, -0.2) is 32.9 Å². The van der Waals surface area contributed by atoms with E-state index < -0.39 is 5.97 Å². The van der Waals surface area contributed by atoms with Crippen molar-refractivity contribution in [2.24, 2.45) is 0 Å². The number of nitrogen functional groups attached to an aromatic ring is 1. The van der Waals surface area contributed by atoms with E-state index in [0.717, 1.165) is 6.42 Å². The van der Waals surface area contributed by atoms with E-state index in [9.17, 15) is 4.79 Å². The van der Waals surface area contributed by atoms with Crippen molar-refractivity contribution in [3.05, 3.63) is 22.2 Å². The van der Waals surface area contributed by atoms with Gasteiger partial charge in [-0.15, -0.1) is 0 Å². The minimum absolute atomic E-state index is 0.270. The molecule has 1 rings (SSSR count). The normalized spacial score (nSPS) is 10.3. The van der Waals surface area contributed by atoms with Gasteiger partial charge in [0.05, 0.1) is 18.9 Å². The van der Waals surface area contributed by atoms with E-state index >= 15 is 0 Å². The van der Waals surface area contributed by atoms with Crippen molar-refractivity contribution in [1.29, 1.82) is 0 Å². The number of carbonyl (C=O) groups is 1. The van der Waals surface area contributed by atoms with E-state index in [2.05, 4.69) is 15.9 Å². The van der Waals surface area contributed by atoms with Crippen molar-refractivity contribution in [2.75, 3.05) is 32.7 Å². The highest BCUT2D eigenvalue weighted by Crippen LogP contribution is 2.32. The summed E-state index contributed by atoms with van der Waals surface area (Å²) in [5.41, 5.74) is 6.51. The van der Waals surface area contributed by atoms with Gasteiger partial charge in [0.2, 0.25) is 0 Å². The summed E-state index contributed by atoms with van der Waals surface area (Å²) >= 11 is 3.29. The van der Waals surface area contributed by atoms with E-state index in [0.29, 0.717) is 35.6 Å². The van der Waals surface area contributed by atoms with Gasteiger partial charge in [-0.1, -0.05) is 6.92 Å². The number of anilines is 1. The monoisotopic (exact) mass is 331 g/mol. The number of carbonyl (C=O) groups excluding carboxylic acids is 1. The Morgan fingerprint density at radius 1 is 1.32 bits per heavy atom. The fraction of sp³-hybridized carbons (Fsp3) is 0.462. The van der Waals surface area contributed by atoms with Gasteiger partial charge < -0.3 is 19.9 Å². The summed E-state index contributed by atoms with van der Waals surface area (Å²) in [5.74, 6) is -0.00730. The van der Waals surface area contributed by atoms with Crippen LogP contribution in [-0.2, 0) is 9.47 Å². The Kier molecular flexibility index (Phi) is 6.66. The van der Waals surface area contributed by atoms with Crippen molar-refractivity contribution in [2.45, 2.75) is 13.3 Å². The summed E-state index contributed by atoms with van der Waals surface area (Å²) in [6.45, 7) is 3.10. The molecule has 0 aromatic heterocycles. The van der Waals surface area contributed by atoms with Crippen LogP contribution < -0.4 is 10.5 Å². The van der Waals surface area contributed by atoms with Crippen LogP contribution in [0.3, 0.4) is 0 Å². The molecular formula is C13H18BrNO4. The van der Waals surface area contributed by atoms with Crippen LogP contribution in [0.5, 0.6) is 5.75 Å². The Bertz CT molecular complexity index is 437. The topological polar surface area (TPSA) is 70.8 Å². The number of benzene rings is 1. The molecule has 1 aromatic carbocycles. The maximum atomic E-state index is 11.9. The van der Waals surface area contributed by atoms with Crippen molar-refractivity contribution < 1.29 is 19.0 Å². The van der Waals surface area contributed by atoms with Crippen LogP contribution in [0, 0.1) is 0 Å². The number of rotatable bonds is 7. The van der Waals surface area contributed by atoms with Crippen molar-refractivity contribution in [3.8, 4) is 5.75 Å². The molecule has 19 heavy (non-hydrogen) atoms. The Morgan fingerprint density at radius 3 is 2.68 bits per heavy atom. The van der Waals surface area contributed by atoms with E-state index in [1.807, 2.05) is 6.92 Å². The van der Waals surface area contributed by atoms with E-state index in [1.54, 1.807) is 19.2 Å². The molecule has 106 valence electrons. The van der Waals surface area contributed by atoms with E-state index in [1.165, 1.54) is 0 Å². The lowest BCUT2D eigenvalue weighted by atomic mass is 10.1. The Labute approximate surface area is 121 Å². The quantitative estimate of drug-likeness (QED) is 0.472. The molecule has 0 saturated carbocycles. The largest absolute Gasteiger partial charge is 0.489 e. The second kappa shape index (κ2) is 8.01. The molecular weight excluding hydrogens is 314 g/mol. The van der Waals surface area contributed by atoms with Crippen LogP contribution in [0.1, 0.15) is 23.7 Å². The highest BCUT2D eigenvalue weighted by molar-refractivity contribution is 9.10. The number of esters is 1. The zero-order valence-electron chi connectivity index (χ0n) is 11.1. The summed E-state index contributed by atoms with van der Waals surface area (Å²) in [7, 11) is 1.59. The van der Waals surface area contributed by atoms with E-state index in [-0.39, 0.29) is 5.69 Å². The van der Waals surface area contributed by atoms with Gasteiger partial charge in [0.25, 0.3) is 0 Å². The molecule has 0 fully saturated rings. The summed E-state index contributed by atoms with van der Waals surface area (Å²) in [6, 6.07) is 3.41. The summed E-state index contributed by atoms with van der Waals surface area (Å²) in [5, 5.41) is 0. The van der Waals surface area contributed by atoms with Crippen LogP contribution >= 0.6 is 15.9 Å². The molecule has 2 N–H and O–H groups in total. The van der Waals surface area contributed by atoms with Gasteiger partial charge >= 0.3 is 5.97 Å². The fourth-order valence-electron chi connectivity index (χ4n) is 1.41. The average Bonchev–Trinajstić information content (AvgIpc) is 2.39. The first kappa shape index (κ1) is 15.8. The lowest BCUT2D eigenvalue weighted by Crippen LogP contribution is -2.12. The third-order valence-corrected chi connectivity index (χ3v) is 3.00. The zero-order valence-corrected chi connectivity index (χ0v) is 12.7. The second-order valence-corrected chi connectivity index (χ2v) is 4.67. The van der Waals surface area contributed by atoms with Crippen LogP contribution in [0.2, 0.25) is 0 Å². The molecule has 0 aliphatic rings. The molecule has 6 heteroatoms. The highest BCUT2D eigenvalue weighted by Gasteiger charge is 2.18. The number of methoxy groups -OCH3 is 1. The maximum Gasteiger partial charge on any atom is 0.341 e. The number of nitrogens with two attached hydrogens (primary N) is 1. The molecule has 0 amide bonds. The predicted molar refractivity (Wildman–Crippen MR) is 76.5 cm³/mol. The molecule has 0 spiro atoms. The smallest absolute Gasteiger partial charge is 0.341 e. The fourth-order valence-corrected chi connectivity index (χ4v) is 1.92. The molecule has 0 heterocycles. The number of ether oxygens (including phenoxy) is 3. The predicted octanol–water partition coefficient (Wildman–Crippen LogP) is 2.62. The first-order chi connectivity index (χ1) is 9.11. The van der Waals surface area contributed by atoms with Gasteiger partial charge in [-0.2, -0.15) is 0 Å². The Balaban J connectivity index is 2.90. The lowest BCUT2D eigenvalue weighted by molar-refractivity contribution is 0.0505. The lowest BCUT2D eigenvalue weighted by Gasteiger charge is -2.13. The van der Waals surface area contributed by atoms with Crippen molar-refractivity contribution in [1.82, 2.24) is 0 Å². The van der Waals surface area contributed by atoms with Gasteiger partial charge in [0.1, 0.15) is 17.9 Å². The van der Waals surface area contributed by atoms with Crippen molar-refractivity contribution in [3.63, 3.8) is 0 Å². The van der Waals surface area contributed by atoms with Gasteiger partial charge in [-0.25, -0.2) is 4.79 Å². The number of hydrogen-bond acceptors (Lipinski definition) is 5. The van der Waals surface area contributed by atoms with Gasteiger partial charge in [-0.3, -0.25) is 0 Å². The van der Waals surface area contributed by atoms with Gasteiger partial charge in [0.15, 0.2) is 0 Å². The van der Waals surface area contributed by atoms with Crippen LogP contribution in [0.15, 0.2) is 16.6 Å². The number of hydrogen-bond donors (Lipinski definition) is 1. The first-order valence-electron chi connectivity index (χ1n) is 5.98. The zero-order chi connectivity index (χ0) is 14.3.